The standard InChI is InChI=1S/C13H17N5OS/c1-3-4-9-6-12(19)18-13(16-9)20-7-11-15-8(2)5-10(14)17-11/h5-6H,3-4,7H2,1-2H3,(H2,14,15,17)(H,16,18,19). The van der Waals surface area contributed by atoms with Crippen molar-refractivity contribution >= 4 is 17.6 Å². The number of nitrogen functional groups attached to an aromatic ring is 1. The second kappa shape index (κ2) is 6.51. The Morgan fingerprint density at radius 1 is 1.30 bits per heavy atom. The minimum absolute atomic E-state index is 0.129. The van der Waals surface area contributed by atoms with Crippen molar-refractivity contribution in [2.45, 2.75) is 37.6 Å². The van der Waals surface area contributed by atoms with Gasteiger partial charge in [-0.1, -0.05) is 25.1 Å². The van der Waals surface area contributed by atoms with E-state index in [0.29, 0.717) is 22.6 Å². The van der Waals surface area contributed by atoms with E-state index in [1.54, 1.807) is 6.07 Å². The zero-order valence-corrected chi connectivity index (χ0v) is 12.3. The molecule has 0 saturated heterocycles. The molecule has 2 aromatic heterocycles. The second-order valence-electron chi connectivity index (χ2n) is 4.43. The topological polar surface area (TPSA) is 97.5 Å². The van der Waals surface area contributed by atoms with E-state index in [4.69, 9.17) is 5.73 Å². The second-order valence-corrected chi connectivity index (χ2v) is 5.40. The monoisotopic (exact) mass is 291 g/mol. The number of aryl methyl sites for hydroxylation is 2. The summed E-state index contributed by atoms with van der Waals surface area (Å²) in [7, 11) is 0. The van der Waals surface area contributed by atoms with Crippen LogP contribution in [-0.2, 0) is 12.2 Å². The minimum Gasteiger partial charge on any atom is -0.384 e. The summed E-state index contributed by atoms with van der Waals surface area (Å²) >= 11 is 1.40. The third kappa shape index (κ3) is 4.06. The fraction of sp³-hybridized carbons (Fsp3) is 0.385. The number of thioether (sulfide) groups is 1. The number of aromatic amines is 1. The van der Waals surface area contributed by atoms with Crippen molar-refractivity contribution in [3.05, 3.63) is 39.7 Å². The van der Waals surface area contributed by atoms with Crippen molar-refractivity contribution in [1.29, 1.82) is 0 Å². The number of hydrogen-bond acceptors (Lipinski definition) is 6. The van der Waals surface area contributed by atoms with E-state index >= 15 is 0 Å². The first kappa shape index (κ1) is 14.5. The van der Waals surface area contributed by atoms with Gasteiger partial charge in [-0.05, 0) is 13.3 Å². The minimum atomic E-state index is -0.129. The average Bonchev–Trinajstić information content (AvgIpc) is 2.35. The van der Waals surface area contributed by atoms with Crippen LogP contribution in [0.15, 0.2) is 22.1 Å². The van der Waals surface area contributed by atoms with Gasteiger partial charge in [-0.25, -0.2) is 15.0 Å². The lowest BCUT2D eigenvalue weighted by molar-refractivity contribution is 0.815. The molecule has 3 N–H and O–H groups in total. The molecule has 106 valence electrons. The van der Waals surface area contributed by atoms with Gasteiger partial charge < -0.3 is 10.7 Å². The molecule has 2 rings (SSSR count). The summed E-state index contributed by atoms with van der Waals surface area (Å²) in [5.74, 6) is 1.61. The number of hydrogen-bond donors (Lipinski definition) is 2. The summed E-state index contributed by atoms with van der Waals surface area (Å²) in [5.41, 5.74) is 7.19. The number of anilines is 1. The maximum absolute atomic E-state index is 11.5. The van der Waals surface area contributed by atoms with E-state index in [9.17, 15) is 4.79 Å². The Kier molecular flexibility index (Phi) is 4.73. The van der Waals surface area contributed by atoms with Crippen LogP contribution in [0.5, 0.6) is 0 Å². The Bertz CT molecular complexity index is 635. The molecular weight excluding hydrogens is 274 g/mol. The van der Waals surface area contributed by atoms with Crippen LogP contribution in [0.1, 0.15) is 30.6 Å². The summed E-state index contributed by atoms with van der Waals surface area (Å²) in [6.45, 7) is 3.92. The normalized spacial score (nSPS) is 10.7. The zero-order valence-electron chi connectivity index (χ0n) is 11.5. The lowest BCUT2D eigenvalue weighted by atomic mass is 10.2. The van der Waals surface area contributed by atoms with Gasteiger partial charge in [0.2, 0.25) is 0 Å². The van der Waals surface area contributed by atoms with Crippen molar-refractivity contribution in [3.8, 4) is 0 Å². The lowest BCUT2D eigenvalue weighted by Crippen LogP contribution is -2.10. The van der Waals surface area contributed by atoms with Crippen LogP contribution in [0.4, 0.5) is 5.82 Å². The number of nitrogens with two attached hydrogens (primary N) is 1. The van der Waals surface area contributed by atoms with Crippen LogP contribution < -0.4 is 11.3 Å². The van der Waals surface area contributed by atoms with Crippen LogP contribution in [0.2, 0.25) is 0 Å². The maximum Gasteiger partial charge on any atom is 0.251 e. The quantitative estimate of drug-likeness (QED) is 0.642. The van der Waals surface area contributed by atoms with Crippen molar-refractivity contribution in [2.75, 3.05) is 5.73 Å². The van der Waals surface area contributed by atoms with E-state index in [1.807, 2.05) is 6.92 Å². The summed E-state index contributed by atoms with van der Waals surface area (Å²) in [6, 6.07) is 3.25. The Balaban J connectivity index is 2.12. The van der Waals surface area contributed by atoms with Gasteiger partial charge in [-0.3, -0.25) is 4.79 Å². The van der Waals surface area contributed by atoms with E-state index < -0.39 is 0 Å². The molecule has 0 radical (unpaired) electrons. The SMILES string of the molecule is CCCc1cc(=O)[nH]c(SCc2nc(C)cc(N)n2)n1. The highest BCUT2D eigenvalue weighted by atomic mass is 32.2. The van der Waals surface area contributed by atoms with Gasteiger partial charge in [0.05, 0.1) is 5.75 Å². The molecule has 20 heavy (non-hydrogen) atoms. The fourth-order valence-corrected chi connectivity index (χ4v) is 2.54. The third-order valence-corrected chi connectivity index (χ3v) is 3.41. The largest absolute Gasteiger partial charge is 0.384 e. The molecule has 7 heteroatoms. The molecule has 0 atom stereocenters. The number of nitrogens with one attached hydrogen (secondary N) is 1. The zero-order chi connectivity index (χ0) is 14.5. The van der Waals surface area contributed by atoms with Crippen molar-refractivity contribution in [1.82, 2.24) is 19.9 Å². The molecule has 2 heterocycles. The van der Waals surface area contributed by atoms with Gasteiger partial charge in [0.25, 0.3) is 5.56 Å². The molecule has 0 amide bonds. The fourth-order valence-electron chi connectivity index (χ4n) is 1.79. The molecule has 0 unspecified atom stereocenters. The van der Waals surface area contributed by atoms with Crippen LogP contribution >= 0.6 is 11.8 Å². The van der Waals surface area contributed by atoms with Gasteiger partial charge in [-0.2, -0.15) is 0 Å². The Morgan fingerprint density at radius 2 is 2.10 bits per heavy atom. The van der Waals surface area contributed by atoms with E-state index in [1.165, 1.54) is 17.8 Å². The summed E-state index contributed by atoms with van der Waals surface area (Å²) in [6.07, 6.45) is 1.75. The third-order valence-electron chi connectivity index (χ3n) is 2.54. The molecule has 0 saturated carbocycles. The van der Waals surface area contributed by atoms with Crippen LogP contribution in [0.3, 0.4) is 0 Å². The first-order chi connectivity index (χ1) is 9.56. The van der Waals surface area contributed by atoms with E-state index in [0.717, 1.165) is 24.2 Å². The summed E-state index contributed by atoms with van der Waals surface area (Å²) in [5, 5.41) is 0.588. The number of nitrogens with zero attached hydrogens (tertiary/aromatic N) is 3. The molecule has 0 spiro atoms. The molecule has 0 bridgehead atoms. The molecular formula is C13H17N5OS. The highest BCUT2D eigenvalue weighted by Gasteiger charge is 2.05. The van der Waals surface area contributed by atoms with Gasteiger partial charge >= 0.3 is 0 Å². The van der Waals surface area contributed by atoms with Crippen LogP contribution in [0, 0.1) is 6.92 Å². The average molecular weight is 291 g/mol. The van der Waals surface area contributed by atoms with Crippen LogP contribution in [-0.4, -0.2) is 19.9 Å². The number of rotatable bonds is 5. The van der Waals surface area contributed by atoms with Gasteiger partial charge in [-0.15, -0.1) is 0 Å². The smallest absolute Gasteiger partial charge is 0.251 e. The number of aromatic nitrogens is 4. The summed E-state index contributed by atoms with van der Waals surface area (Å²) < 4.78 is 0. The molecule has 0 fully saturated rings. The van der Waals surface area contributed by atoms with Crippen LogP contribution in [0.25, 0.3) is 0 Å². The van der Waals surface area contributed by atoms with E-state index in [-0.39, 0.29) is 5.56 Å². The maximum atomic E-state index is 11.5. The Labute approximate surface area is 121 Å². The first-order valence-electron chi connectivity index (χ1n) is 6.40. The number of H-pyrrole nitrogens is 1. The molecule has 0 aliphatic heterocycles. The molecule has 0 aliphatic rings. The highest BCUT2D eigenvalue weighted by Crippen LogP contribution is 2.17. The Morgan fingerprint density at radius 3 is 2.80 bits per heavy atom. The molecule has 0 aromatic carbocycles. The van der Waals surface area contributed by atoms with Gasteiger partial charge in [0.1, 0.15) is 11.6 Å². The first-order valence-corrected chi connectivity index (χ1v) is 7.38. The lowest BCUT2D eigenvalue weighted by Gasteiger charge is -2.04. The van der Waals surface area contributed by atoms with Gasteiger partial charge in [0, 0.05) is 23.5 Å². The molecule has 6 nitrogen and oxygen atoms in total. The Hall–Kier alpha value is -1.89. The van der Waals surface area contributed by atoms with Crippen molar-refractivity contribution in [3.63, 3.8) is 0 Å². The predicted molar refractivity (Wildman–Crippen MR) is 79.6 cm³/mol. The van der Waals surface area contributed by atoms with E-state index in [2.05, 4.69) is 26.9 Å². The summed E-state index contributed by atoms with van der Waals surface area (Å²) in [4.78, 5) is 27.1. The molecule has 2 aromatic rings. The highest BCUT2D eigenvalue weighted by molar-refractivity contribution is 7.98. The predicted octanol–water partition coefficient (Wildman–Crippen LogP) is 1.70. The molecule has 0 aliphatic carbocycles. The van der Waals surface area contributed by atoms with Crippen molar-refractivity contribution < 1.29 is 0 Å². The van der Waals surface area contributed by atoms with Crippen molar-refractivity contribution in [2.24, 2.45) is 0 Å². The van der Waals surface area contributed by atoms with Gasteiger partial charge in [0.15, 0.2) is 5.16 Å².